The Bertz CT molecular complexity index is 445. The lowest BCUT2D eigenvalue weighted by molar-refractivity contribution is 0.258. The molecule has 1 heterocycles. The van der Waals surface area contributed by atoms with Gasteiger partial charge in [-0.2, -0.15) is 0 Å². The van der Waals surface area contributed by atoms with E-state index < -0.39 is 10.8 Å². The van der Waals surface area contributed by atoms with Gasteiger partial charge in [-0.25, -0.2) is 0 Å². The lowest BCUT2D eigenvalue weighted by Gasteiger charge is -2.11. The minimum absolute atomic E-state index is 0.0655. The molecule has 0 spiro atoms. The van der Waals surface area contributed by atoms with E-state index in [0.717, 1.165) is 18.6 Å². The van der Waals surface area contributed by atoms with Crippen molar-refractivity contribution in [2.24, 2.45) is 5.73 Å². The van der Waals surface area contributed by atoms with Crippen LogP contribution in [-0.2, 0) is 17.2 Å². The summed E-state index contributed by atoms with van der Waals surface area (Å²) >= 11 is 0. The Balaban J connectivity index is 1.86. The van der Waals surface area contributed by atoms with Gasteiger partial charge in [0.1, 0.15) is 11.9 Å². The molecule has 18 heavy (non-hydrogen) atoms. The van der Waals surface area contributed by atoms with Gasteiger partial charge in [-0.1, -0.05) is 17.7 Å². The van der Waals surface area contributed by atoms with Gasteiger partial charge in [0.2, 0.25) is 0 Å². The summed E-state index contributed by atoms with van der Waals surface area (Å²) in [5, 5.41) is 0. The molecule has 0 aliphatic carbocycles. The summed E-state index contributed by atoms with van der Waals surface area (Å²) in [6, 6.07) is 6.34. The molecule has 100 valence electrons. The summed E-state index contributed by atoms with van der Waals surface area (Å²) in [5.74, 6) is 2.24. The van der Waals surface area contributed by atoms with Crippen molar-refractivity contribution in [1.82, 2.24) is 0 Å². The summed E-state index contributed by atoms with van der Waals surface area (Å²) in [6.07, 6.45) is 1.75. The van der Waals surface area contributed by atoms with Gasteiger partial charge in [-0.15, -0.1) is 0 Å². The van der Waals surface area contributed by atoms with Gasteiger partial charge in [0.25, 0.3) is 0 Å². The van der Waals surface area contributed by atoms with Gasteiger partial charge in [-0.3, -0.25) is 4.21 Å². The molecule has 0 aromatic heterocycles. The fraction of sp³-hybridized carbons (Fsp3) is 0.571. The van der Waals surface area contributed by atoms with E-state index in [9.17, 15) is 4.21 Å². The Morgan fingerprint density at radius 2 is 2.33 bits per heavy atom. The first kappa shape index (κ1) is 13.6. The van der Waals surface area contributed by atoms with E-state index in [1.54, 1.807) is 0 Å². The Hall–Kier alpha value is -0.870. The van der Waals surface area contributed by atoms with Crippen LogP contribution in [0.5, 0.6) is 5.75 Å². The molecule has 2 rings (SSSR count). The van der Waals surface area contributed by atoms with Crippen LogP contribution in [0.2, 0.25) is 0 Å². The Morgan fingerprint density at radius 3 is 3.06 bits per heavy atom. The molecule has 3 nitrogen and oxygen atoms in total. The molecule has 2 N–H and O–H groups in total. The zero-order chi connectivity index (χ0) is 13.1. The Kier molecular flexibility index (Phi) is 4.40. The highest BCUT2D eigenvalue weighted by Crippen LogP contribution is 2.29. The number of rotatable bonds is 5. The van der Waals surface area contributed by atoms with Gasteiger partial charge in [-0.05, 0) is 31.9 Å². The number of fused-ring (bicyclic) bond motifs is 1. The Morgan fingerprint density at radius 1 is 1.56 bits per heavy atom. The van der Waals surface area contributed by atoms with Crippen LogP contribution in [0.25, 0.3) is 0 Å². The van der Waals surface area contributed by atoms with E-state index in [1.165, 1.54) is 11.1 Å². The molecule has 0 fully saturated rings. The highest BCUT2D eigenvalue weighted by Gasteiger charge is 2.24. The summed E-state index contributed by atoms with van der Waals surface area (Å²) in [4.78, 5) is 0. The largest absolute Gasteiger partial charge is 0.489 e. The minimum atomic E-state index is -0.829. The number of ether oxygens (including phenoxy) is 1. The fourth-order valence-electron chi connectivity index (χ4n) is 2.15. The number of benzene rings is 1. The highest BCUT2D eigenvalue weighted by atomic mass is 32.2. The van der Waals surface area contributed by atoms with E-state index in [4.69, 9.17) is 10.5 Å². The number of aryl methyl sites for hydroxylation is 1. The Labute approximate surface area is 111 Å². The molecule has 1 aliphatic rings. The summed E-state index contributed by atoms with van der Waals surface area (Å²) in [5.41, 5.74) is 8.16. The van der Waals surface area contributed by atoms with Gasteiger partial charge in [0.05, 0.1) is 5.75 Å². The van der Waals surface area contributed by atoms with Crippen LogP contribution in [-0.4, -0.2) is 27.9 Å². The van der Waals surface area contributed by atoms with Crippen LogP contribution >= 0.6 is 0 Å². The van der Waals surface area contributed by atoms with Crippen molar-refractivity contribution < 1.29 is 8.95 Å². The third kappa shape index (κ3) is 3.56. The molecule has 3 atom stereocenters. The van der Waals surface area contributed by atoms with Crippen LogP contribution < -0.4 is 10.5 Å². The monoisotopic (exact) mass is 267 g/mol. The smallest absolute Gasteiger partial charge is 0.123 e. The van der Waals surface area contributed by atoms with E-state index in [0.29, 0.717) is 11.5 Å². The van der Waals surface area contributed by atoms with E-state index >= 15 is 0 Å². The number of nitrogens with two attached hydrogens (primary N) is 1. The van der Waals surface area contributed by atoms with Gasteiger partial charge in [0.15, 0.2) is 0 Å². The maximum absolute atomic E-state index is 11.9. The lowest BCUT2D eigenvalue weighted by atomic mass is 10.1. The van der Waals surface area contributed by atoms with E-state index in [1.807, 2.05) is 19.1 Å². The molecule has 0 saturated carbocycles. The molecule has 0 bridgehead atoms. The van der Waals surface area contributed by atoms with Crippen LogP contribution in [0.4, 0.5) is 0 Å². The average Bonchev–Trinajstić information content (AvgIpc) is 2.67. The lowest BCUT2D eigenvalue weighted by Crippen LogP contribution is -2.25. The van der Waals surface area contributed by atoms with Crippen molar-refractivity contribution in [3.8, 4) is 5.75 Å². The molecule has 4 heteroatoms. The SMILES string of the molecule is Cc1ccc2c(c1)CC(CS(=O)CCC(C)N)O2. The third-order valence-corrected chi connectivity index (χ3v) is 4.56. The summed E-state index contributed by atoms with van der Waals surface area (Å²) in [6.45, 7) is 4.02. The second kappa shape index (κ2) is 5.85. The number of hydrogen-bond acceptors (Lipinski definition) is 3. The molecule has 0 saturated heterocycles. The van der Waals surface area contributed by atoms with E-state index in [-0.39, 0.29) is 12.1 Å². The van der Waals surface area contributed by atoms with E-state index in [2.05, 4.69) is 13.0 Å². The van der Waals surface area contributed by atoms with Crippen molar-refractivity contribution in [3.63, 3.8) is 0 Å². The molecule has 1 aromatic rings. The molecule has 1 aromatic carbocycles. The predicted molar refractivity (Wildman–Crippen MR) is 75.4 cm³/mol. The quantitative estimate of drug-likeness (QED) is 0.885. The molecule has 1 aliphatic heterocycles. The predicted octanol–water partition coefficient (Wildman–Crippen LogP) is 1.78. The zero-order valence-corrected chi connectivity index (χ0v) is 11.8. The van der Waals surface area contributed by atoms with Crippen LogP contribution in [0, 0.1) is 6.92 Å². The topological polar surface area (TPSA) is 52.3 Å². The zero-order valence-electron chi connectivity index (χ0n) is 11.0. The average molecular weight is 267 g/mol. The first-order chi connectivity index (χ1) is 8.54. The second-order valence-corrected chi connectivity index (χ2v) is 6.75. The van der Waals surface area contributed by atoms with Crippen molar-refractivity contribution in [3.05, 3.63) is 29.3 Å². The van der Waals surface area contributed by atoms with Crippen LogP contribution in [0.1, 0.15) is 24.5 Å². The van der Waals surface area contributed by atoms with Gasteiger partial charge < -0.3 is 10.5 Å². The second-order valence-electron chi connectivity index (χ2n) is 5.13. The number of hydrogen-bond donors (Lipinski definition) is 1. The van der Waals surface area contributed by atoms with Gasteiger partial charge >= 0.3 is 0 Å². The standard InChI is InChI=1S/C14H21NO2S/c1-10-3-4-14-12(7-10)8-13(17-14)9-18(16)6-5-11(2)15/h3-4,7,11,13H,5-6,8-9,15H2,1-2H3. The fourth-order valence-corrected chi connectivity index (χ4v) is 3.55. The van der Waals surface area contributed by atoms with Crippen molar-refractivity contribution in [2.75, 3.05) is 11.5 Å². The van der Waals surface area contributed by atoms with Crippen molar-refractivity contribution in [2.45, 2.75) is 38.8 Å². The molecular weight excluding hydrogens is 246 g/mol. The molecule has 0 amide bonds. The van der Waals surface area contributed by atoms with Crippen LogP contribution in [0.15, 0.2) is 18.2 Å². The molecule has 0 radical (unpaired) electrons. The minimum Gasteiger partial charge on any atom is -0.489 e. The van der Waals surface area contributed by atoms with Crippen molar-refractivity contribution >= 4 is 10.8 Å². The molecular formula is C14H21NO2S. The first-order valence-electron chi connectivity index (χ1n) is 6.41. The van der Waals surface area contributed by atoms with Crippen molar-refractivity contribution in [1.29, 1.82) is 0 Å². The highest BCUT2D eigenvalue weighted by molar-refractivity contribution is 7.85. The summed E-state index contributed by atoms with van der Waals surface area (Å²) < 4.78 is 17.7. The maximum Gasteiger partial charge on any atom is 0.123 e. The third-order valence-electron chi connectivity index (χ3n) is 3.13. The van der Waals surface area contributed by atoms with Gasteiger partial charge in [0, 0.05) is 29.0 Å². The first-order valence-corrected chi connectivity index (χ1v) is 7.90. The van der Waals surface area contributed by atoms with Crippen LogP contribution in [0.3, 0.4) is 0 Å². The normalized spacial score (nSPS) is 21.2. The molecule has 3 unspecified atom stereocenters. The summed E-state index contributed by atoms with van der Waals surface area (Å²) in [7, 11) is -0.829. The maximum atomic E-state index is 11.9.